The fourth-order valence-corrected chi connectivity index (χ4v) is 5.16. The summed E-state index contributed by atoms with van der Waals surface area (Å²) in [6.07, 6.45) is 5.26. The third-order valence-electron chi connectivity index (χ3n) is 6.97. The van der Waals surface area contributed by atoms with Gasteiger partial charge in [-0.2, -0.15) is 5.10 Å². The largest absolute Gasteiger partial charge is 0.350 e. The molecule has 2 aliphatic rings. The van der Waals surface area contributed by atoms with Crippen LogP contribution in [0.3, 0.4) is 0 Å². The van der Waals surface area contributed by atoms with E-state index in [0.717, 1.165) is 69.5 Å². The molecule has 0 saturated carbocycles. The number of amides is 1. The average Bonchev–Trinajstić information content (AvgIpc) is 3.54. The molecule has 1 amide bonds. The first-order chi connectivity index (χ1) is 15.7. The molecule has 0 spiro atoms. The second kappa shape index (κ2) is 9.29. The summed E-state index contributed by atoms with van der Waals surface area (Å²) in [7, 11) is 0. The molecule has 1 fully saturated rings. The van der Waals surface area contributed by atoms with Crippen molar-refractivity contribution in [1.29, 1.82) is 0 Å². The third-order valence-corrected chi connectivity index (χ3v) is 6.97. The van der Waals surface area contributed by atoms with Gasteiger partial charge in [0.15, 0.2) is 5.69 Å². The lowest BCUT2D eigenvalue weighted by molar-refractivity contribution is 0.0941. The van der Waals surface area contributed by atoms with Gasteiger partial charge in [-0.1, -0.05) is 48.5 Å². The Balaban J connectivity index is 1.19. The van der Waals surface area contributed by atoms with Crippen molar-refractivity contribution < 1.29 is 4.79 Å². The molecule has 1 aromatic heterocycles. The minimum Gasteiger partial charge on any atom is -0.350 e. The number of benzene rings is 2. The number of carbonyl (C=O) groups excluding carboxylic acids is 1. The van der Waals surface area contributed by atoms with Gasteiger partial charge in [-0.3, -0.25) is 4.79 Å². The van der Waals surface area contributed by atoms with Gasteiger partial charge in [-0.15, -0.1) is 0 Å². The lowest BCUT2D eigenvalue weighted by Gasteiger charge is -2.16. The van der Waals surface area contributed by atoms with Gasteiger partial charge in [0.25, 0.3) is 5.91 Å². The lowest BCUT2D eigenvalue weighted by Crippen LogP contribution is -2.32. The number of likely N-dealkylation sites (tertiary alicyclic amines) is 1. The molecule has 166 valence electrons. The van der Waals surface area contributed by atoms with Crippen molar-refractivity contribution in [3.05, 3.63) is 82.7 Å². The van der Waals surface area contributed by atoms with E-state index in [0.29, 0.717) is 11.6 Å². The van der Waals surface area contributed by atoms with Crippen molar-refractivity contribution in [2.75, 3.05) is 26.2 Å². The number of fused-ring (bicyclic) bond motifs is 1. The van der Waals surface area contributed by atoms with E-state index in [4.69, 9.17) is 5.10 Å². The smallest absolute Gasteiger partial charge is 0.272 e. The molecule has 0 bridgehead atoms. The molecular weight excluding hydrogens is 396 g/mol. The van der Waals surface area contributed by atoms with E-state index in [2.05, 4.69) is 59.6 Å². The number of nitrogens with zero attached hydrogens (tertiary/aromatic N) is 3. The van der Waals surface area contributed by atoms with E-state index in [1.165, 1.54) is 16.8 Å². The van der Waals surface area contributed by atoms with Crippen LogP contribution in [0.5, 0.6) is 0 Å². The standard InChI is InChI=1S/C27H32N4O/c1-20-8-5-6-12-24(20)31-25-13-7-11-23(25)26(29-31)27(32)28-18-22-15-17-30(19-22)16-14-21-9-3-2-4-10-21/h2-6,8-10,12,22H,7,11,13-19H2,1H3,(H,28,32). The molecule has 1 atom stereocenters. The van der Waals surface area contributed by atoms with Crippen LogP contribution in [0.2, 0.25) is 0 Å². The predicted octanol–water partition coefficient (Wildman–Crippen LogP) is 3.96. The monoisotopic (exact) mass is 428 g/mol. The van der Waals surface area contributed by atoms with Gasteiger partial charge in [0, 0.05) is 30.9 Å². The average molecular weight is 429 g/mol. The summed E-state index contributed by atoms with van der Waals surface area (Å²) in [5.41, 5.74) is 6.62. The Kier molecular flexibility index (Phi) is 6.08. The highest BCUT2D eigenvalue weighted by Gasteiger charge is 2.28. The van der Waals surface area contributed by atoms with Gasteiger partial charge in [-0.05, 0) is 68.7 Å². The molecule has 1 unspecified atom stereocenters. The molecule has 2 heterocycles. The lowest BCUT2D eigenvalue weighted by atomic mass is 10.1. The van der Waals surface area contributed by atoms with E-state index in [-0.39, 0.29) is 5.91 Å². The van der Waals surface area contributed by atoms with Crippen LogP contribution < -0.4 is 5.32 Å². The summed E-state index contributed by atoms with van der Waals surface area (Å²) in [6.45, 7) is 6.09. The summed E-state index contributed by atoms with van der Waals surface area (Å²) in [4.78, 5) is 15.6. The van der Waals surface area contributed by atoms with Crippen molar-refractivity contribution in [1.82, 2.24) is 20.0 Å². The van der Waals surface area contributed by atoms with Crippen molar-refractivity contribution in [2.24, 2.45) is 5.92 Å². The highest BCUT2D eigenvalue weighted by molar-refractivity contribution is 5.94. The molecule has 5 nitrogen and oxygen atoms in total. The summed E-state index contributed by atoms with van der Waals surface area (Å²) in [6, 6.07) is 18.9. The zero-order valence-electron chi connectivity index (χ0n) is 18.9. The van der Waals surface area contributed by atoms with Crippen LogP contribution in [0, 0.1) is 12.8 Å². The second-order valence-corrected chi connectivity index (χ2v) is 9.23. The van der Waals surface area contributed by atoms with Gasteiger partial charge in [0.1, 0.15) is 0 Å². The normalized spacial score (nSPS) is 18.1. The number of hydrogen-bond donors (Lipinski definition) is 1. The molecule has 3 aromatic rings. The summed E-state index contributed by atoms with van der Waals surface area (Å²) >= 11 is 0. The first-order valence-corrected chi connectivity index (χ1v) is 11.9. The fourth-order valence-electron chi connectivity index (χ4n) is 5.16. The molecule has 0 radical (unpaired) electrons. The van der Waals surface area contributed by atoms with Crippen molar-refractivity contribution in [2.45, 2.75) is 39.0 Å². The zero-order valence-corrected chi connectivity index (χ0v) is 18.9. The Morgan fingerprint density at radius 1 is 1.09 bits per heavy atom. The molecule has 1 aliphatic heterocycles. The van der Waals surface area contributed by atoms with Gasteiger partial charge in [0.2, 0.25) is 0 Å². The summed E-state index contributed by atoms with van der Waals surface area (Å²) in [5, 5.41) is 7.98. The Labute approximate surface area is 190 Å². The van der Waals surface area contributed by atoms with Crippen LogP contribution in [0.1, 0.15) is 45.7 Å². The quantitative estimate of drug-likeness (QED) is 0.620. The van der Waals surface area contributed by atoms with E-state index >= 15 is 0 Å². The minimum absolute atomic E-state index is 0.0155. The van der Waals surface area contributed by atoms with Gasteiger partial charge < -0.3 is 10.2 Å². The number of para-hydroxylation sites is 1. The topological polar surface area (TPSA) is 50.2 Å². The Bertz CT molecular complexity index is 1090. The molecule has 1 aliphatic carbocycles. The molecule has 1 saturated heterocycles. The maximum Gasteiger partial charge on any atom is 0.272 e. The highest BCUT2D eigenvalue weighted by atomic mass is 16.2. The molecule has 2 aromatic carbocycles. The van der Waals surface area contributed by atoms with E-state index < -0.39 is 0 Å². The molecule has 1 N–H and O–H groups in total. The van der Waals surface area contributed by atoms with Crippen LogP contribution in [0.15, 0.2) is 54.6 Å². The Morgan fingerprint density at radius 2 is 1.91 bits per heavy atom. The number of nitrogens with one attached hydrogen (secondary N) is 1. The number of rotatable bonds is 7. The van der Waals surface area contributed by atoms with Crippen LogP contribution in [-0.4, -0.2) is 46.8 Å². The molecule has 5 rings (SSSR count). The van der Waals surface area contributed by atoms with E-state index in [1.54, 1.807) is 0 Å². The number of hydrogen-bond acceptors (Lipinski definition) is 3. The molecule has 32 heavy (non-hydrogen) atoms. The Morgan fingerprint density at radius 3 is 2.75 bits per heavy atom. The summed E-state index contributed by atoms with van der Waals surface area (Å²) in [5.74, 6) is 0.499. The van der Waals surface area contributed by atoms with E-state index in [1.807, 2.05) is 16.8 Å². The van der Waals surface area contributed by atoms with Crippen molar-refractivity contribution in [3.8, 4) is 5.69 Å². The van der Waals surface area contributed by atoms with Gasteiger partial charge in [0.05, 0.1) is 5.69 Å². The number of carbonyl (C=O) groups is 1. The third kappa shape index (κ3) is 4.35. The maximum absolute atomic E-state index is 13.1. The van der Waals surface area contributed by atoms with Crippen LogP contribution >= 0.6 is 0 Å². The molecular formula is C27H32N4O. The zero-order chi connectivity index (χ0) is 21.9. The Hall–Kier alpha value is -2.92. The first-order valence-electron chi connectivity index (χ1n) is 11.9. The fraction of sp³-hybridized carbons (Fsp3) is 0.407. The van der Waals surface area contributed by atoms with Crippen LogP contribution in [0.4, 0.5) is 0 Å². The van der Waals surface area contributed by atoms with Crippen molar-refractivity contribution >= 4 is 5.91 Å². The predicted molar refractivity (Wildman–Crippen MR) is 127 cm³/mol. The highest BCUT2D eigenvalue weighted by Crippen LogP contribution is 2.29. The first kappa shape index (κ1) is 21.0. The van der Waals surface area contributed by atoms with E-state index in [9.17, 15) is 4.79 Å². The number of aryl methyl sites for hydroxylation is 1. The van der Waals surface area contributed by atoms with Crippen molar-refractivity contribution in [3.63, 3.8) is 0 Å². The molecule has 5 heteroatoms. The SMILES string of the molecule is Cc1ccccc1-n1nc(C(=O)NCC2CCN(CCc3ccccc3)C2)c2c1CCC2. The second-order valence-electron chi connectivity index (χ2n) is 9.23. The van der Waals surface area contributed by atoms with Crippen LogP contribution in [0.25, 0.3) is 5.69 Å². The number of aromatic nitrogens is 2. The van der Waals surface area contributed by atoms with Crippen LogP contribution in [-0.2, 0) is 19.3 Å². The maximum atomic E-state index is 13.1. The summed E-state index contributed by atoms with van der Waals surface area (Å²) < 4.78 is 2.01. The minimum atomic E-state index is -0.0155. The van der Waals surface area contributed by atoms with Gasteiger partial charge in [-0.25, -0.2) is 4.68 Å². The van der Waals surface area contributed by atoms with Gasteiger partial charge >= 0.3 is 0 Å².